The van der Waals surface area contributed by atoms with E-state index in [9.17, 15) is 9.59 Å². The Bertz CT molecular complexity index is 1050. The molecule has 0 aliphatic carbocycles. The molecular formula is C21H26N6O3S2. The molecule has 0 aliphatic rings. The van der Waals surface area contributed by atoms with Crippen molar-refractivity contribution in [1.82, 2.24) is 25.2 Å². The number of aromatic nitrogens is 3. The van der Waals surface area contributed by atoms with Gasteiger partial charge in [-0.2, -0.15) is 0 Å². The number of hydrogen-bond donors (Lipinski definition) is 3. The molecular weight excluding hydrogens is 448 g/mol. The minimum absolute atomic E-state index is 0.0857. The van der Waals surface area contributed by atoms with Crippen LogP contribution in [0.2, 0.25) is 0 Å². The molecule has 3 N–H and O–H groups in total. The molecule has 9 nitrogen and oxygen atoms in total. The number of alkyl carbamates (subject to hydrolysis) is 1. The van der Waals surface area contributed by atoms with Crippen LogP contribution in [0.1, 0.15) is 5.69 Å². The molecule has 0 aliphatic heterocycles. The number of H-pyrrole nitrogens is 1. The Hall–Kier alpha value is -2.89. The molecule has 0 radical (unpaired) electrons. The van der Waals surface area contributed by atoms with Gasteiger partial charge in [0, 0.05) is 36.3 Å². The number of thiazole rings is 1. The highest BCUT2D eigenvalue weighted by Gasteiger charge is 2.22. The van der Waals surface area contributed by atoms with Crippen LogP contribution in [0.25, 0.3) is 10.2 Å². The smallest absolute Gasteiger partial charge is 0.407 e. The van der Waals surface area contributed by atoms with Crippen LogP contribution in [0.5, 0.6) is 0 Å². The van der Waals surface area contributed by atoms with E-state index in [0.29, 0.717) is 18.7 Å². The van der Waals surface area contributed by atoms with E-state index in [2.05, 4.69) is 32.2 Å². The van der Waals surface area contributed by atoms with Crippen LogP contribution in [0, 0.1) is 0 Å². The summed E-state index contributed by atoms with van der Waals surface area (Å²) in [5.74, 6) is 0.586. The van der Waals surface area contributed by atoms with Crippen molar-refractivity contribution in [3.05, 3.63) is 49.1 Å². The zero-order valence-electron chi connectivity index (χ0n) is 18.0. The summed E-state index contributed by atoms with van der Waals surface area (Å²) in [5.41, 5.74) is 2.50. The first-order chi connectivity index (χ1) is 15.5. The Balaban J connectivity index is 1.56. The van der Waals surface area contributed by atoms with Crippen LogP contribution in [0.3, 0.4) is 0 Å². The van der Waals surface area contributed by atoms with Gasteiger partial charge < -0.3 is 20.4 Å². The number of thioether (sulfide) groups is 1. The fourth-order valence-electron chi connectivity index (χ4n) is 2.86. The second-order valence-electron chi connectivity index (χ2n) is 7.07. The van der Waals surface area contributed by atoms with Gasteiger partial charge in [-0.15, -0.1) is 11.3 Å². The Morgan fingerprint density at radius 1 is 1.41 bits per heavy atom. The van der Waals surface area contributed by atoms with Gasteiger partial charge in [0.05, 0.1) is 22.6 Å². The third-order valence-corrected chi connectivity index (χ3v) is 6.62. The van der Waals surface area contributed by atoms with Gasteiger partial charge in [-0.1, -0.05) is 24.4 Å². The Kier molecular flexibility index (Phi) is 8.65. The summed E-state index contributed by atoms with van der Waals surface area (Å²) in [6.45, 7) is 4.16. The number of nitrogens with zero attached hydrogens (tertiary/aromatic N) is 3. The molecule has 1 atom stereocenters. The largest absolute Gasteiger partial charge is 0.445 e. The summed E-state index contributed by atoms with van der Waals surface area (Å²) in [6, 6.07) is 5.36. The second-order valence-corrected chi connectivity index (χ2v) is 9.45. The molecule has 32 heavy (non-hydrogen) atoms. The van der Waals surface area contributed by atoms with Crippen molar-refractivity contribution in [2.75, 3.05) is 38.3 Å². The third kappa shape index (κ3) is 6.81. The van der Waals surface area contributed by atoms with E-state index in [0.717, 1.165) is 25.9 Å². The molecule has 1 unspecified atom stereocenters. The van der Waals surface area contributed by atoms with E-state index in [4.69, 9.17) is 4.74 Å². The SMILES string of the molecule is C=CCOC(=O)NCCSc1nc2ccc(NC(=O)C(Cc3cnc[nH]3)N(C)C)cc2s1. The van der Waals surface area contributed by atoms with Crippen molar-refractivity contribution in [1.29, 1.82) is 0 Å². The Morgan fingerprint density at radius 3 is 2.97 bits per heavy atom. The van der Waals surface area contributed by atoms with E-state index < -0.39 is 6.09 Å². The number of carbonyl (C=O) groups excluding carboxylic acids is 2. The number of likely N-dealkylation sites (N-methyl/N-ethyl adjacent to an activating group) is 1. The number of hydrogen-bond acceptors (Lipinski definition) is 8. The number of benzene rings is 1. The lowest BCUT2D eigenvalue weighted by Gasteiger charge is -2.22. The number of nitrogens with one attached hydrogen (secondary N) is 3. The van der Waals surface area contributed by atoms with Crippen molar-refractivity contribution < 1.29 is 14.3 Å². The molecule has 0 spiro atoms. The summed E-state index contributed by atoms with van der Waals surface area (Å²) < 4.78 is 6.75. The van der Waals surface area contributed by atoms with Crippen LogP contribution in [-0.4, -0.2) is 70.9 Å². The fourth-order valence-corrected chi connectivity index (χ4v) is 4.89. The van der Waals surface area contributed by atoms with Gasteiger partial charge in [0.15, 0.2) is 4.34 Å². The maximum Gasteiger partial charge on any atom is 0.407 e. The summed E-state index contributed by atoms with van der Waals surface area (Å²) in [7, 11) is 3.76. The molecule has 170 valence electrons. The van der Waals surface area contributed by atoms with Crippen molar-refractivity contribution >= 4 is 51.0 Å². The van der Waals surface area contributed by atoms with Crippen LogP contribution >= 0.6 is 23.1 Å². The molecule has 11 heteroatoms. The Morgan fingerprint density at radius 2 is 2.25 bits per heavy atom. The first-order valence-electron chi connectivity index (χ1n) is 9.95. The first-order valence-corrected chi connectivity index (χ1v) is 11.8. The Labute approximate surface area is 194 Å². The third-order valence-electron chi connectivity index (χ3n) is 4.46. The number of imidazole rings is 1. The van der Waals surface area contributed by atoms with E-state index in [1.165, 1.54) is 6.08 Å². The quantitative estimate of drug-likeness (QED) is 0.222. The number of rotatable bonds is 11. The number of fused-ring (bicyclic) bond motifs is 1. The van der Waals surface area contributed by atoms with Crippen molar-refractivity contribution in [2.24, 2.45) is 0 Å². The minimum atomic E-state index is -0.459. The highest BCUT2D eigenvalue weighted by molar-refractivity contribution is 8.01. The zero-order chi connectivity index (χ0) is 22.9. The lowest BCUT2D eigenvalue weighted by molar-refractivity contribution is -0.120. The maximum atomic E-state index is 12.9. The van der Waals surface area contributed by atoms with Gasteiger partial charge in [-0.25, -0.2) is 14.8 Å². The van der Waals surface area contributed by atoms with Gasteiger partial charge >= 0.3 is 6.09 Å². The molecule has 0 fully saturated rings. The second kappa shape index (κ2) is 11.7. The number of carbonyl (C=O) groups is 2. The molecule has 3 rings (SSSR count). The summed E-state index contributed by atoms with van der Waals surface area (Å²) in [5, 5.41) is 5.68. The van der Waals surface area contributed by atoms with Gasteiger partial charge in [0.25, 0.3) is 0 Å². The zero-order valence-corrected chi connectivity index (χ0v) is 19.6. The number of anilines is 1. The van der Waals surface area contributed by atoms with Gasteiger partial charge in [0.2, 0.25) is 5.91 Å². The normalized spacial score (nSPS) is 12.0. The van der Waals surface area contributed by atoms with E-state index >= 15 is 0 Å². The van der Waals surface area contributed by atoms with Crippen molar-refractivity contribution in [3.63, 3.8) is 0 Å². The van der Waals surface area contributed by atoms with Gasteiger partial charge in [-0.05, 0) is 32.3 Å². The number of ether oxygens (including phenoxy) is 1. The average molecular weight is 475 g/mol. The predicted molar refractivity (Wildman–Crippen MR) is 128 cm³/mol. The molecule has 0 saturated heterocycles. The topological polar surface area (TPSA) is 112 Å². The number of amides is 2. The fraction of sp³-hybridized carbons (Fsp3) is 0.333. The molecule has 1 aromatic carbocycles. The average Bonchev–Trinajstić information content (AvgIpc) is 3.42. The first kappa shape index (κ1) is 23.8. The van der Waals surface area contributed by atoms with E-state index in [-0.39, 0.29) is 18.6 Å². The highest BCUT2D eigenvalue weighted by Crippen LogP contribution is 2.31. The summed E-state index contributed by atoms with van der Waals surface area (Å²) in [4.78, 5) is 37.8. The number of aromatic amines is 1. The lowest BCUT2D eigenvalue weighted by atomic mass is 10.1. The van der Waals surface area contributed by atoms with Gasteiger partial charge in [-0.3, -0.25) is 9.69 Å². The summed E-state index contributed by atoms with van der Waals surface area (Å²) >= 11 is 3.11. The van der Waals surface area contributed by atoms with Crippen LogP contribution in [-0.2, 0) is 16.0 Å². The van der Waals surface area contributed by atoms with Crippen molar-refractivity contribution in [3.8, 4) is 0 Å². The van der Waals surface area contributed by atoms with E-state index in [1.807, 2.05) is 37.2 Å². The summed E-state index contributed by atoms with van der Waals surface area (Å²) in [6.07, 6.45) is 4.94. The predicted octanol–water partition coefficient (Wildman–Crippen LogP) is 3.14. The van der Waals surface area contributed by atoms with E-state index in [1.54, 1.807) is 35.6 Å². The van der Waals surface area contributed by atoms with Crippen molar-refractivity contribution in [2.45, 2.75) is 16.8 Å². The standard InChI is InChI=1S/C21H26N6O3S2/c1-4-8-30-20(29)23-7-9-31-21-26-16-6-5-14(11-18(16)32-21)25-19(28)17(27(2)3)10-15-12-22-13-24-15/h4-6,11-13,17H,1,7-10H2,2-3H3,(H,22,24)(H,23,29)(H,25,28). The maximum absolute atomic E-state index is 12.9. The van der Waals surface area contributed by atoms with Crippen LogP contribution < -0.4 is 10.6 Å². The molecule has 2 aromatic heterocycles. The molecule has 0 saturated carbocycles. The van der Waals surface area contributed by atoms with Crippen LogP contribution in [0.15, 0.2) is 47.7 Å². The molecule has 0 bridgehead atoms. The lowest BCUT2D eigenvalue weighted by Crippen LogP contribution is -2.41. The highest BCUT2D eigenvalue weighted by atomic mass is 32.2. The monoisotopic (exact) mass is 474 g/mol. The molecule has 2 amide bonds. The molecule has 3 aromatic rings. The van der Waals surface area contributed by atoms with Gasteiger partial charge in [0.1, 0.15) is 6.61 Å². The van der Waals surface area contributed by atoms with Crippen LogP contribution in [0.4, 0.5) is 10.5 Å². The minimum Gasteiger partial charge on any atom is -0.445 e. The molecule has 2 heterocycles.